The molecular formula is C20H21ClN2O4. The molecule has 0 bridgehead atoms. The summed E-state index contributed by atoms with van der Waals surface area (Å²) in [6.07, 6.45) is 0.833. The number of carbonyl (C=O) groups is 2. The van der Waals surface area contributed by atoms with E-state index in [-0.39, 0.29) is 35.8 Å². The van der Waals surface area contributed by atoms with Gasteiger partial charge in [0.1, 0.15) is 11.5 Å². The molecule has 1 atom stereocenters. The smallest absolute Gasteiger partial charge is 0.225 e. The van der Waals surface area contributed by atoms with Crippen molar-refractivity contribution in [3.63, 3.8) is 0 Å². The Hall–Kier alpha value is -2.73. The number of hydrogen-bond donors (Lipinski definition) is 3. The molecule has 2 aromatic carbocycles. The predicted octanol–water partition coefficient (Wildman–Crippen LogP) is 2.81. The molecule has 1 heterocycles. The van der Waals surface area contributed by atoms with Gasteiger partial charge in [-0.2, -0.15) is 0 Å². The van der Waals surface area contributed by atoms with Gasteiger partial charge in [-0.25, -0.2) is 0 Å². The number of carbonyl (C=O) groups excluding carboxylic acids is 2. The van der Waals surface area contributed by atoms with E-state index in [1.807, 2.05) is 12.1 Å². The molecule has 1 unspecified atom stereocenters. The zero-order valence-electron chi connectivity index (χ0n) is 14.7. The molecule has 7 heteroatoms. The van der Waals surface area contributed by atoms with Crippen molar-refractivity contribution in [3.05, 3.63) is 58.6 Å². The predicted molar refractivity (Wildman–Crippen MR) is 101 cm³/mol. The molecule has 1 aliphatic heterocycles. The number of amides is 2. The summed E-state index contributed by atoms with van der Waals surface area (Å²) in [5.41, 5.74) is 1.48. The van der Waals surface area contributed by atoms with Crippen molar-refractivity contribution in [1.82, 2.24) is 10.2 Å². The Balaban J connectivity index is 1.58. The number of aromatic hydroxyl groups is 2. The van der Waals surface area contributed by atoms with E-state index in [4.69, 9.17) is 11.6 Å². The number of hydrogen-bond acceptors (Lipinski definition) is 4. The molecule has 27 heavy (non-hydrogen) atoms. The number of phenolic OH excluding ortho intramolecular Hbond substituents is 2. The molecule has 2 aromatic rings. The first-order valence-electron chi connectivity index (χ1n) is 8.73. The normalized spacial score (nSPS) is 17.0. The average molecular weight is 389 g/mol. The van der Waals surface area contributed by atoms with Crippen LogP contribution in [-0.4, -0.2) is 33.5 Å². The van der Waals surface area contributed by atoms with E-state index in [2.05, 4.69) is 5.32 Å². The number of nitrogens with zero attached hydrogens (tertiary/aromatic N) is 1. The van der Waals surface area contributed by atoms with Gasteiger partial charge in [0.05, 0.1) is 5.92 Å². The van der Waals surface area contributed by atoms with E-state index in [0.29, 0.717) is 36.5 Å². The Bertz CT molecular complexity index is 838. The molecule has 3 rings (SSSR count). The van der Waals surface area contributed by atoms with E-state index in [1.165, 1.54) is 12.1 Å². The molecule has 1 fully saturated rings. The lowest BCUT2D eigenvalue weighted by Gasteiger charge is -2.32. The first-order valence-corrected chi connectivity index (χ1v) is 9.11. The zero-order chi connectivity index (χ0) is 19.4. The van der Waals surface area contributed by atoms with Crippen molar-refractivity contribution >= 4 is 23.4 Å². The van der Waals surface area contributed by atoms with Crippen molar-refractivity contribution in [3.8, 4) is 11.5 Å². The summed E-state index contributed by atoms with van der Waals surface area (Å²) in [7, 11) is 0. The minimum Gasteiger partial charge on any atom is -0.508 e. The minimum atomic E-state index is -0.297. The Morgan fingerprint density at radius 3 is 2.63 bits per heavy atom. The fourth-order valence-corrected chi connectivity index (χ4v) is 3.25. The second kappa shape index (κ2) is 8.31. The summed E-state index contributed by atoms with van der Waals surface area (Å²) < 4.78 is 0. The van der Waals surface area contributed by atoms with Gasteiger partial charge in [-0.1, -0.05) is 23.7 Å². The van der Waals surface area contributed by atoms with Crippen LogP contribution < -0.4 is 5.32 Å². The van der Waals surface area contributed by atoms with Crippen molar-refractivity contribution in [2.24, 2.45) is 5.92 Å². The molecular weight excluding hydrogens is 368 g/mol. The van der Waals surface area contributed by atoms with Crippen LogP contribution in [-0.2, 0) is 22.7 Å². The maximum absolute atomic E-state index is 12.5. The van der Waals surface area contributed by atoms with Gasteiger partial charge in [0, 0.05) is 42.7 Å². The van der Waals surface area contributed by atoms with Gasteiger partial charge in [0.25, 0.3) is 0 Å². The first kappa shape index (κ1) is 19.0. The standard InChI is InChI=1S/C20H21ClN2O4/c21-16-5-1-13(2-6-16)11-23-12-15(4-8-19(23)26)20(27)22-10-14-3-7-17(24)9-18(14)25/h1-3,5-7,9,15,24-25H,4,8,10-12H2,(H,22,27). The van der Waals surface area contributed by atoms with Crippen LogP contribution in [0.15, 0.2) is 42.5 Å². The van der Waals surface area contributed by atoms with Gasteiger partial charge in [0.15, 0.2) is 0 Å². The molecule has 142 valence electrons. The van der Waals surface area contributed by atoms with E-state index in [9.17, 15) is 19.8 Å². The third-order valence-corrected chi connectivity index (χ3v) is 4.93. The number of benzene rings is 2. The molecule has 0 spiro atoms. The number of likely N-dealkylation sites (tertiary alicyclic amines) is 1. The number of nitrogens with one attached hydrogen (secondary N) is 1. The Morgan fingerprint density at radius 1 is 1.19 bits per heavy atom. The monoisotopic (exact) mass is 388 g/mol. The van der Waals surface area contributed by atoms with Crippen LogP contribution in [0, 0.1) is 5.92 Å². The van der Waals surface area contributed by atoms with Crippen molar-refractivity contribution < 1.29 is 19.8 Å². The number of piperidine rings is 1. The number of rotatable bonds is 5. The van der Waals surface area contributed by atoms with Gasteiger partial charge >= 0.3 is 0 Å². The van der Waals surface area contributed by atoms with Crippen LogP contribution in [0.4, 0.5) is 0 Å². The first-order chi connectivity index (χ1) is 12.9. The van der Waals surface area contributed by atoms with Crippen molar-refractivity contribution in [1.29, 1.82) is 0 Å². The third kappa shape index (κ3) is 4.92. The molecule has 2 amide bonds. The van der Waals surface area contributed by atoms with Crippen LogP contribution >= 0.6 is 11.6 Å². The summed E-state index contributed by atoms with van der Waals surface area (Å²) in [6.45, 7) is 0.958. The highest BCUT2D eigenvalue weighted by atomic mass is 35.5. The van der Waals surface area contributed by atoms with Gasteiger partial charge in [-0.05, 0) is 36.2 Å². The summed E-state index contributed by atoms with van der Waals surface area (Å²) in [5, 5.41) is 22.6. The maximum Gasteiger partial charge on any atom is 0.225 e. The second-order valence-corrected chi connectivity index (χ2v) is 7.10. The summed E-state index contributed by atoms with van der Waals surface area (Å²) in [5.74, 6) is -0.528. The Labute approximate surface area is 162 Å². The van der Waals surface area contributed by atoms with Gasteiger partial charge in [0.2, 0.25) is 11.8 Å². The van der Waals surface area contributed by atoms with Gasteiger partial charge < -0.3 is 20.4 Å². The van der Waals surface area contributed by atoms with Crippen LogP contribution in [0.3, 0.4) is 0 Å². The Morgan fingerprint density at radius 2 is 1.93 bits per heavy atom. The molecule has 6 nitrogen and oxygen atoms in total. The van der Waals surface area contributed by atoms with Crippen molar-refractivity contribution in [2.75, 3.05) is 6.54 Å². The molecule has 1 aliphatic rings. The summed E-state index contributed by atoms with van der Waals surface area (Å²) in [4.78, 5) is 26.4. The highest BCUT2D eigenvalue weighted by Gasteiger charge is 2.30. The SMILES string of the molecule is O=C(NCc1ccc(O)cc1O)C1CCC(=O)N(Cc2ccc(Cl)cc2)C1. The second-order valence-electron chi connectivity index (χ2n) is 6.67. The fourth-order valence-electron chi connectivity index (χ4n) is 3.12. The highest BCUT2D eigenvalue weighted by Crippen LogP contribution is 2.24. The van der Waals surface area contributed by atoms with E-state index in [1.54, 1.807) is 23.1 Å². The fraction of sp³-hybridized carbons (Fsp3) is 0.300. The topological polar surface area (TPSA) is 89.9 Å². The molecule has 0 aliphatic carbocycles. The summed E-state index contributed by atoms with van der Waals surface area (Å²) >= 11 is 5.89. The lowest BCUT2D eigenvalue weighted by atomic mass is 9.96. The number of halogens is 1. The molecule has 0 aromatic heterocycles. The molecule has 3 N–H and O–H groups in total. The third-order valence-electron chi connectivity index (χ3n) is 4.68. The van der Waals surface area contributed by atoms with E-state index in [0.717, 1.165) is 5.56 Å². The quantitative estimate of drug-likeness (QED) is 0.734. The zero-order valence-corrected chi connectivity index (χ0v) is 15.4. The van der Waals surface area contributed by atoms with Crippen LogP contribution in [0.25, 0.3) is 0 Å². The van der Waals surface area contributed by atoms with Crippen LogP contribution in [0.5, 0.6) is 11.5 Å². The highest BCUT2D eigenvalue weighted by molar-refractivity contribution is 6.30. The van der Waals surface area contributed by atoms with Gasteiger partial charge in [-0.3, -0.25) is 9.59 Å². The summed E-state index contributed by atoms with van der Waals surface area (Å²) in [6, 6.07) is 11.5. The van der Waals surface area contributed by atoms with Crippen molar-refractivity contribution in [2.45, 2.75) is 25.9 Å². The average Bonchev–Trinajstić information content (AvgIpc) is 2.64. The largest absolute Gasteiger partial charge is 0.508 e. The number of phenols is 2. The van der Waals surface area contributed by atoms with Crippen LogP contribution in [0.2, 0.25) is 5.02 Å². The van der Waals surface area contributed by atoms with Gasteiger partial charge in [-0.15, -0.1) is 0 Å². The Kier molecular flexibility index (Phi) is 5.86. The lowest BCUT2D eigenvalue weighted by molar-refractivity contribution is -0.138. The van der Waals surface area contributed by atoms with E-state index >= 15 is 0 Å². The molecule has 0 saturated carbocycles. The lowest BCUT2D eigenvalue weighted by Crippen LogP contribution is -2.45. The minimum absolute atomic E-state index is 0.0326. The van der Waals surface area contributed by atoms with Crippen LogP contribution in [0.1, 0.15) is 24.0 Å². The van der Waals surface area contributed by atoms with E-state index < -0.39 is 0 Å². The molecule has 0 radical (unpaired) electrons. The maximum atomic E-state index is 12.5. The molecule has 1 saturated heterocycles.